The van der Waals surface area contributed by atoms with Crippen molar-refractivity contribution in [1.82, 2.24) is 0 Å². The Labute approximate surface area is 88.2 Å². The van der Waals surface area contributed by atoms with Crippen LogP contribution in [0.25, 0.3) is 0 Å². The maximum atomic E-state index is 8.58. The van der Waals surface area contributed by atoms with Crippen LogP contribution in [0.4, 0.5) is 0 Å². The monoisotopic (exact) mass is 296 g/mol. The van der Waals surface area contributed by atoms with Crippen LogP contribution in [0.15, 0.2) is 0 Å². The van der Waals surface area contributed by atoms with E-state index in [9.17, 15) is 0 Å². The maximum absolute atomic E-state index is 8.58. The molecule has 0 spiro atoms. The molecule has 33 valence electrons. The van der Waals surface area contributed by atoms with Gasteiger partial charge in [-0.15, -0.1) is 0 Å². The van der Waals surface area contributed by atoms with Crippen molar-refractivity contribution < 1.29 is 80.4 Å². The number of rotatable bonds is 0. The Morgan fingerprint density at radius 2 is 0.857 bits per heavy atom. The Kier molecular flexibility index (Phi) is 14.2. The fraction of sp³-hybridized carbons (Fsp3) is 0. The summed E-state index contributed by atoms with van der Waals surface area (Å²) >= 11 is 0. The van der Waals surface area contributed by atoms with E-state index in [0.717, 1.165) is 0 Å². The Morgan fingerprint density at radius 3 is 0.857 bits per heavy atom. The van der Waals surface area contributed by atoms with Crippen LogP contribution < -0.4 is 19.2 Å². The SMILES string of the molecule is [Ce+3].[O-][Si]([O-])([O-])[O-].[Zn+2]. The third kappa shape index (κ3) is 69.9. The summed E-state index contributed by atoms with van der Waals surface area (Å²) in [6, 6.07) is 0. The second-order valence-corrected chi connectivity index (χ2v) is 1.50. The molecule has 0 N–H and O–H groups in total. The second-order valence-electron chi connectivity index (χ2n) is 0.500. The molecule has 0 rings (SSSR count). The summed E-state index contributed by atoms with van der Waals surface area (Å²) < 4.78 is 0. The smallest absolute Gasteiger partial charge is 0.894 e. The van der Waals surface area contributed by atoms with Gasteiger partial charge in [0.1, 0.15) is 0 Å². The molecule has 0 saturated carbocycles. The van der Waals surface area contributed by atoms with Gasteiger partial charge in [-0.1, -0.05) is 0 Å². The molecule has 0 aliphatic carbocycles. The minimum absolute atomic E-state index is 0. The van der Waals surface area contributed by atoms with Crippen LogP contribution in [0, 0.1) is 41.7 Å². The first kappa shape index (κ1) is 16.0. The van der Waals surface area contributed by atoms with E-state index in [1.54, 1.807) is 0 Å². The molecule has 0 aliphatic heterocycles. The van der Waals surface area contributed by atoms with Crippen molar-refractivity contribution >= 4 is 9.05 Å². The topological polar surface area (TPSA) is 92.2 Å². The summed E-state index contributed by atoms with van der Waals surface area (Å²) in [6.07, 6.45) is 0. The van der Waals surface area contributed by atoms with Gasteiger partial charge in [-0.2, -0.15) is 0 Å². The Balaban J connectivity index is -0.0000000800. The quantitative estimate of drug-likeness (QED) is 0.418. The zero-order valence-corrected chi connectivity index (χ0v) is 10.4. The summed E-state index contributed by atoms with van der Waals surface area (Å²) in [5, 5.41) is 0. The van der Waals surface area contributed by atoms with Gasteiger partial charge in [0.05, 0.1) is 0 Å². The van der Waals surface area contributed by atoms with Crippen molar-refractivity contribution in [3.63, 3.8) is 0 Å². The van der Waals surface area contributed by atoms with Crippen LogP contribution in [0.2, 0.25) is 0 Å². The van der Waals surface area contributed by atoms with E-state index in [4.69, 9.17) is 19.2 Å². The molecule has 0 aromatic heterocycles. The molecule has 0 unspecified atom stereocenters. The first-order valence-electron chi connectivity index (χ1n) is 0.816. The van der Waals surface area contributed by atoms with Crippen molar-refractivity contribution in [2.75, 3.05) is 0 Å². The molecule has 0 aromatic rings. The molecule has 1 radical (unpaired) electrons. The molecule has 0 fully saturated rings. The van der Waals surface area contributed by atoms with Crippen LogP contribution in [0.1, 0.15) is 0 Å². The normalized spacial score (nSPS) is 8.57. The van der Waals surface area contributed by atoms with Crippen molar-refractivity contribution in [3.05, 3.63) is 0 Å². The summed E-state index contributed by atoms with van der Waals surface area (Å²) in [5.41, 5.74) is 0. The molecule has 4 nitrogen and oxygen atoms in total. The first-order chi connectivity index (χ1) is 2.00. The Morgan fingerprint density at radius 1 is 0.857 bits per heavy atom. The van der Waals surface area contributed by atoms with Crippen LogP contribution in [0.5, 0.6) is 0 Å². The van der Waals surface area contributed by atoms with Gasteiger partial charge < -0.3 is 28.2 Å². The van der Waals surface area contributed by atoms with E-state index < -0.39 is 9.05 Å². The fourth-order valence-corrected chi connectivity index (χ4v) is 0. The average molecular weight is 298 g/mol. The van der Waals surface area contributed by atoms with Crippen LogP contribution in [-0.4, -0.2) is 9.05 Å². The molecule has 0 aliphatic rings. The van der Waals surface area contributed by atoms with Gasteiger partial charge in [-0.05, 0) is 0 Å². The van der Waals surface area contributed by atoms with Gasteiger partial charge in [-0.25, -0.2) is 0 Å². The molecular weight excluding hydrogens is 298 g/mol. The fourth-order valence-electron chi connectivity index (χ4n) is 0. The van der Waals surface area contributed by atoms with Crippen LogP contribution in [-0.2, 0) is 19.5 Å². The Hall–Kier alpha value is 2.06. The van der Waals surface area contributed by atoms with E-state index in [-0.39, 0.29) is 61.2 Å². The van der Waals surface area contributed by atoms with Crippen molar-refractivity contribution in [1.29, 1.82) is 0 Å². The summed E-state index contributed by atoms with van der Waals surface area (Å²) in [6.45, 7) is 0. The van der Waals surface area contributed by atoms with E-state index in [1.807, 2.05) is 0 Å². The van der Waals surface area contributed by atoms with Crippen LogP contribution in [0.3, 0.4) is 0 Å². The third-order valence-corrected chi connectivity index (χ3v) is 0. The second kappa shape index (κ2) is 6.18. The minimum atomic E-state index is -5.61. The maximum Gasteiger partial charge on any atom is 3.00 e. The average Bonchev–Trinajstić information content (AvgIpc) is 0.722. The number of hydrogen-bond donors (Lipinski definition) is 0. The summed E-state index contributed by atoms with van der Waals surface area (Å²) in [5.74, 6) is 0. The molecule has 7 heavy (non-hydrogen) atoms. The molecule has 0 atom stereocenters. The van der Waals surface area contributed by atoms with Gasteiger partial charge in [0.15, 0.2) is 0 Å². The first-order valence-corrected chi connectivity index (χ1v) is 2.45. The predicted octanol–water partition coefficient (Wildman–Crippen LogP) is -5.14. The number of hydrogen-bond acceptors (Lipinski definition) is 4. The zero-order valence-electron chi connectivity index (χ0n) is 3.34. The summed E-state index contributed by atoms with van der Waals surface area (Å²) in [7, 11) is -5.61. The Bertz CT molecular complexity index is 27.2. The largest absolute Gasteiger partial charge is 3.00 e. The van der Waals surface area contributed by atoms with E-state index in [1.165, 1.54) is 0 Å². The molecule has 0 heterocycles. The van der Waals surface area contributed by atoms with E-state index in [0.29, 0.717) is 0 Å². The zero-order chi connectivity index (χ0) is 4.50. The molecule has 0 aromatic carbocycles. The minimum Gasteiger partial charge on any atom is -0.894 e. The molecule has 0 amide bonds. The molecule has 0 saturated heterocycles. The van der Waals surface area contributed by atoms with Crippen LogP contribution >= 0.6 is 0 Å². The van der Waals surface area contributed by atoms with Gasteiger partial charge in [0.2, 0.25) is 0 Å². The molecule has 7 heteroatoms. The van der Waals surface area contributed by atoms with Gasteiger partial charge >= 0.3 is 61.2 Å². The van der Waals surface area contributed by atoms with Gasteiger partial charge in [0.25, 0.3) is 0 Å². The van der Waals surface area contributed by atoms with Crippen molar-refractivity contribution in [2.24, 2.45) is 0 Å². The standard InChI is InChI=1S/Ce.O4Si.Zn/c;1-5(2,3)4;/q+3;-4;+2. The van der Waals surface area contributed by atoms with Gasteiger partial charge in [-0.3, -0.25) is 0 Å². The van der Waals surface area contributed by atoms with Crippen molar-refractivity contribution in [3.8, 4) is 0 Å². The summed E-state index contributed by atoms with van der Waals surface area (Å²) in [4.78, 5) is 34.3. The van der Waals surface area contributed by atoms with Gasteiger partial charge in [0, 0.05) is 0 Å². The molecular formula is CeO4SiZn+. The molecule has 0 bridgehead atoms. The van der Waals surface area contributed by atoms with E-state index in [2.05, 4.69) is 0 Å². The third-order valence-electron chi connectivity index (χ3n) is 0. The van der Waals surface area contributed by atoms with E-state index >= 15 is 0 Å². The van der Waals surface area contributed by atoms with Crippen molar-refractivity contribution in [2.45, 2.75) is 0 Å². The predicted molar refractivity (Wildman–Crippen MR) is 5.75 cm³/mol.